The number of nitrogens with zero attached hydrogens (tertiary/aromatic N) is 1. The highest BCUT2D eigenvalue weighted by molar-refractivity contribution is 9.10. The SMILES string of the molecule is CCCN(C(C)C)S(=O)(=O)c1ccc(C)cc1Br. The molecule has 0 aliphatic carbocycles. The fraction of sp³-hybridized carbons (Fsp3) is 0.538. The molecule has 1 aromatic carbocycles. The van der Waals surface area contributed by atoms with Crippen LogP contribution in [0.15, 0.2) is 27.6 Å². The zero-order valence-corrected chi connectivity index (χ0v) is 13.7. The first-order valence-electron chi connectivity index (χ1n) is 6.08. The zero-order valence-electron chi connectivity index (χ0n) is 11.3. The molecule has 18 heavy (non-hydrogen) atoms. The predicted molar refractivity (Wildman–Crippen MR) is 78.2 cm³/mol. The topological polar surface area (TPSA) is 37.4 Å². The minimum Gasteiger partial charge on any atom is -0.207 e. The molecule has 0 radical (unpaired) electrons. The van der Waals surface area contributed by atoms with E-state index in [-0.39, 0.29) is 6.04 Å². The van der Waals surface area contributed by atoms with Gasteiger partial charge in [-0.05, 0) is 60.8 Å². The number of halogens is 1. The molecule has 0 aromatic heterocycles. The molecule has 0 unspecified atom stereocenters. The van der Waals surface area contributed by atoms with Gasteiger partial charge in [0, 0.05) is 17.1 Å². The van der Waals surface area contributed by atoms with Crippen LogP contribution >= 0.6 is 15.9 Å². The van der Waals surface area contributed by atoms with Gasteiger partial charge in [-0.25, -0.2) is 8.42 Å². The summed E-state index contributed by atoms with van der Waals surface area (Å²) >= 11 is 3.35. The van der Waals surface area contributed by atoms with Crippen LogP contribution in [0.25, 0.3) is 0 Å². The predicted octanol–water partition coefficient (Wildman–Crippen LogP) is 3.57. The van der Waals surface area contributed by atoms with E-state index in [9.17, 15) is 8.42 Å². The van der Waals surface area contributed by atoms with Gasteiger partial charge in [0.1, 0.15) is 0 Å². The van der Waals surface area contributed by atoms with Crippen LogP contribution in [0.5, 0.6) is 0 Å². The van der Waals surface area contributed by atoms with Gasteiger partial charge in [-0.3, -0.25) is 0 Å². The van der Waals surface area contributed by atoms with Crippen molar-refractivity contribution in [3.05, 3.63) is 28.2 Å². The highest BCUT2D eigenvalue weighted by atomic mass is 79.9. The van der Waals surface area contributed by atoms with Crippen LogP contribution < -0.4 is 0 Å². The molecule has 0 bridgehead atoms. The molecule has 3 nitrogen and oxygen atoms in total. The molecule has 5 heteroatoms. The highest BCUT2D eigenvalue weighted by Gasteiger charge is 2.27. The van der Waals surface area contributed by atoms with Crippen molar-refractivity contribution in [3.63, 3.8) is 0 Å². The zero-order chi connectivity index (χ0) is 13.9. The van der Waals surface area contributed by atoms with Crippen molar-refractivity contribution < 1.29 is 8.42 Å². The lowest BCUT2D eigenvalue weighted by molar-refractivity contribution is 0.354. The molecule has 1 rings (SSSR count). The number of benzene rings is 1. The lowest BCUT2D eigenvalue weighted by Gasteiger charge is -2.26. The van der Waals surface area contributed by atoms with Gasteiger partial charge in [-0.2, -0.15) is 4.31 Å². The molecule has 0 saturated carbocycles. The fourth-order valence-corrected chi connectivity index (χ4v) is 4.70. The Morgan fingerprint density at radius 2 is 1.94 bits per heavy atom. The normalized spacial score (nSPS) is 12.4. The fourth-order valence-electron chi connectivity index (χ4n) is 1.82. The maximum atomic E-state index is 12.6. The monoisotopic (exact) mass is 333 g/mol. The number of hydrogen-bond donors (Lipinski definition) is 0. The van der Waals surface area contributed by atoms with Gasteiger partial charge in [0.05, 0.1) is 4.90 Å². The van der Waals surface area contributed by atoms with Gasteiger partial charge in [0.15, 0.2) is 0 Å². The van der Waals surface area contributed by atoms with Crippen LogP contribution in [0.2, 0.25) is 0 Å². The summed E-state index contributed by atoms with van der Waals surface area (Å²) in [5, 5.41) is 0. The van der Waals surface area contributed by atoms with E-state index < -0.39 is 10.0 Å². The second kappa shape index (κ2) is 6.17. The maximum Gasteiger partial charge on any atom is 0.244 e. The molecule has 102 valence electrons. The standard InChI is InChI=1S/C13H20BrNO2S/c1-5-8-15(10(2)3)18(16,17)13-7-6-11(4)9-12(13)14/h6-7,9-10H,5,8H2,1-4H3. The van der Waals surface area contributed by atoms with Crippen molar-refractivity contribution in [1.82, 2.24) is 4.31 Å². The molecule has 0 N–H and O–H groups in total. The number of rotatable bonds is 5. The van der Waals surface area contributed by atoms with Gasteiger partial charge in [-0.15, -0.1) is 0 Å². The summed E-state index contributed by atoms with van der Waals surface area (Å²) in [6.45, 7) is 8.26. The minimum absolute atomic E-state index is 0.0387. The Morgan fingerprint density at radius 1 is 1.33 bits per heavy atom. The quantitative estimate of drug-likeness (QED) is 0.826. The van der Waals surface area contributed by atoms with Crippen LogP contribution in [0.3, 0.4) is 0 Å². The van der Waals surface area contributed by atoms with Crippen LogP contribution in [-0.4, -0.2) is 25.3 Å². The maximum absolute atomic E-state index is 12.6. The third-order valence-electron chi connectivity index (χ3n) is 2.69. The minimum atomic E-state index is -3.42. The molecule has 0 atom stereocenters. The van der Waals surface area contributed by atoms with Crippen molar-refractivity contribution in [2.45, 2.75) is 45.1 Å². The molecular formula is C13H20BrNO2S. The first-order chi connectivity index (χ1) is 8.30. The summed E-state index contributed by atoms with van der Waals surface area (Å²) in [7, 11) is -3.42. The Hall–Kier alpha value is -0.390. The molecule has 1 aromatic rings. The lowest BCUT2D eigenvalue weighted by Crippen LogP contribution is -2.37. The van der Waals surface area contributed by atoms with E-state index in [1.807, 2.05) is 39.8 Å². The summed E-state index contributed by atoms with van der Waals surface area (Å²) < 4.78 is 27.4. The van der Waals surface area contributed by atoms with Crippen LogP contribution in [-0.2, 0) is 10.0 Å². The Labute approximate surface area is 118 Å². The van der Waals surface area contributed by atoms with E-state index in [0.717, 1.165) is 12.0 Å². The third kappa shape index (κ3) is 3.33. The average molecular weight is 334 g/mol. The summed E-state index contributed by atoms with van der Waals surface area (Å²) in [6.07, 6.45) is 0.806. The molecule has 0 saturated heterocycles. The molecule has 0 aliphatic heterocycles. The molecule has 0 fully saturated rings. The van der Waals surface area contributed by atoms with Gasteiger partial charge in [0.25, 0.3) is 0 Å². The molecule has 0 heterocycles. The molecular weight excluding hydrogens is 314 g/mol. The van der Waals surface area contributed by atoms with Gasteiger partial charge in [-0.1, -0.05) is 13.0 Å². The van der Waals surface area contributed by atoms with E-state index in [1.54, 1.807) is 10.4 Å². The van der Waals surface area contributed by atoms with Gasteiger partial charge in [0.2, 0.25) is 10.0 Å². The van der Waals surface area contributed by atoms with Gasteiger partial charge < -0.3 is 0 Å². The number of hydrogen-bond acceptors (Lipinski definition) is 2. The number of aryl methyl sites for hydroxylation is 1. The Balaban J connectivity index is 3.26. The Morgan fingerprint density at radius 3 is 2.39 bits per heavy atom. The van der Waals surface area contributed by atoms with Crippen molar-refractivity contribution in [3.8, 4) is 0 Å². The molecule has 0 amide bonds. The molecule has 0 spiro atoms. The van der Waals surface area contributed by atoms with Crippen molar-refractivity contribution in [2.75, 3.05) is 6.54 Å². The second-order valence-electron chi connectivity index (χ2n) is 4.64. The van der Waals surface area contributed by atoms with Crippen molar-refractivity contribution in [2.24, 2.45) is 0 Å². The van der Waals surface area contributed by atoms with E-state index in [0.29, 0.717) is 15.9 Å². The van der Waals surface area contributed by atoms with E-state index in [2.05, 4.69) is 15.9 Å². The van der Waals surface area contributed by atoms with Crippen LogP contribution in [0, 0.1) is 6.92 Å². The van der Waals surface area contributed by atoms with E-state index in [4.69, 9.17) is 0 Å². The molecule has 0 aliphatic rings. The highest BCUT2D eigenvalue weighted by Crippen LogP contribution is 2.27. The first-order valence-corrected chi connectivity index (χ1v) is 8.32. The second-order valence-corrected chi connectivity index (χ2v) is 7.36. The van der Waals surface area contributed by atoms with Crippen LogP contribution in [0.4, 0.5) is 0 Å². The Kier molecular flexibility index (Phi) is 5.37. The summed E-state index contributed by atoms with van der Waals surface area (Å²) in [5.41, 5.74) is 1.03. The largest absolute Gasteiger partial charge is 0.244 e. The lowest BCUT2D eigenvalue weighted by atomic mass is 10.2. The third-order valence-corrected chi connectivity index (χ3v) is 5.75. The Bertz CT molecular complexity index is 512. The summed E-state index contributed by atoms with van der Waals surface area (Å²) in [4.78, 5) is 0.343. The van der Waals surface area contributed by atoms with Gasteiger partial charge >= 0.3 is 0 Å². The smallest absolute Gasteiger partial charge is 0.207 e. The summed E-state index contributed by atoms with van der Waals surface area (Å²) in [6, 6.07) is 5.28. The van der Waals surface area contributed by atoms with Crippen molar-refractivity contribution in [1.29, 1.82) is 0 Å². The average Bonchev–Trinajstić information content (AvgIpc) is 2.24. The summed E-state index contributed by atoms with van der Waals surface area (Å²) in [5.74, 6) is 0. The van der Waals surface area contributed by atoms with Crippen molar-refractivity contribution >= 4 is 26.0 Å². The van der Waals surface area contributed by atoms with E-state index in [1.165, 1.54) is 0 Å². The first kappa shape index (κ1) is 15.7. The van der Waals surface area contributed by atoms with Crippen LogP contribution in [0.1, 0.15) is 32.8 Å². The van der Waals surface area contributed by atoms with E-state index >= 15 is 0 Å². The number of sulfonamides is 1.